The lowest BCUT2D eigenvalue weighted by Gasteiger charge is -2.28. The van der Waals surface area contributed by atoms with Crippen LogP contribution in [0, 0.1) is 0 Å². The van der Waals surface area contributed by atoms with E-state index in [2.05, 4.69) is 18.3 Å². The maximum Gasteiger partial charge on any atom is 0.0561 e. The molecule has 0 saturated carbocycles. The molecule has 1 aliphatic rings. The maximum atomic E-state index is 5.90. The van der Waals surface area contributed by atoms with E-state index in [0.29, 0.717) is 12.1 Å². The number of para-hydroxylation sites is 1. The van der Waals surface area contributed by atoms with Gasteiger partial charge >= 0.3 is 0 Å². The van der Waals surface area contributed by atoms with Crippen LogP contribution in [0.3, 0.4) is 0 Å². The first-order chi connectivity index (χ1) is 7.75. The fraction of sp³-hybridized carbons (Fsp3) is 0.538. The van der Waals surface area contributed by atoms with Gasteiger partial charge < -0.3 is 15.8 Å². The molecule has 0 aliphatic carbocycles. The zero-order valence-corrected chi connectivity index (χ0v) is 9.78. The van der Waals surface area contributed by atoms with Gasteiger partial charge in [-0.1, -0.05) is 18.2 Å². The summed E-state index contributed by atoms with van der Waals surface area (Å²) in [5.41, 5.74) is 7.95. The number of nitrogens with two attached hydrogens (primary N) is 1. The van der Waals surface area contributed by atoms with E-state index in [-0.39, 0.29) is 0 Å². The van der Waals surface area contributed by atoms with Gasteiger partial charge in [0.25, 0.3) is 0 Å². The average Bonchev–Trinajstić information content (AvgIpc) is 2.28. The molecule has 0 aromatic heterocycles. The van der Waals surface area contributed by atoms with Gasteiger partial charge in [-0.15, -0.1) is 0 Å². The molecule has 0 radical (unpaired) electrons. The molecule has 1 aromatic carbocycles. The van der Waals surface area contributed by atoms with E-state index >= 15 is 0 Å². The molecule has 2 atom stereocenters. The molecule has 16 heavy (non-hydrogen) atoms. The molecule has 1 saturated heterocycles. The fourth-order valence-electron chi connectivity index (χ4n) is 2.13. The van der Waals surface area contributed by atoms with Crippen molar-refractivity contribution < 1.29 is 4.74 Å². The third-order valence-corrected chi connectivity index (χ3v) is 3.12. The van der Waals surface area contributed by atoms with Crippen molar-refractivity contribution in [3.8, 4) is 0 Å². The highest BCUT2D eigenvalue weighted by Crippen LogP contribution is 2.15. The summed E-state index contributed by atoms with van der Waals surface area (Å²) >= 11 is 0. The number of rotatable bonds is 3. The molecule has 1 heterocycles. The molecular weight excluding hydrogens is 200 g/mol. The van der Waals surface area contributed by atoms with E-state index < -0.39 is 0 Å². The Morgan fingerprint density at radius 3 is 3.00 bits per heavy atom. The minimum Gasteiger partial charge on any atom is -0.398 e. The standard InChI is InChI=1S/C13H20N2O/c1-10-8-12(6-7-16-10)15-9-11-4-2-3-5-13(11)14/h2-5,10,12,15H,6-9,14H2,1H3. The Kier molecular flexibility index (Phi) is 3.80. The van der Waals surface area contributed by atoms with Crippen LogP contribution in [-0.4, -0.2) is 18.8 Å². The zero-order chi connectivity index (χ0) is 11.4. The summed E-state index contributed by atoms with van der Waals surface area (Å²) in [6.45, 7) is 3.85. The molecule has 3 heteroatoms. The van der Waals surface area contributed by atoms with Crippen LogP contribution in [-0.2, 0) is 11.3 Å². The van der Waals surface area contributed by atoms with Gasteiger partial charge in [-0.25, -0.2) is 0 Å². The van der Waals surface area contributed by atoms with Crippen molar-refractivity contribution in [1.29, 1.82) is 0 Å². The van der Waals surface area contributed by atoms with Crippen molar-refractivity contribution in [3.63, 3.8) is 0 Å². The quantitative estimate of drug-likeness (QED) is 0.765. The van der Waals surface area contributed by atoms with Crippen LogP contribution in [0.1, 0.15) is 25.3 Å². The normalized spacial score (nSPS) is 25.6. The van der Waals surface area contributed by atoms with Gasteiger partial charge in [-0.3, -0.25) is 0 Å². The number of anilines is 1. The largest absolute Gasteiger partial charge is 0.398 e. The average molecular weight is 220 g/mol. The number of ether oxygens (including phenoxy) is 1. The second-order valence-electron chi connectivity index (χ2n) is 4.48. The molecule has 0 spiro atoms. The molecule has 88 valence electrons. The summed E-state index contributed by atoms with van der Waals surface area (Å²) < 4.78 is 5.52. The van der Waals surface area contributed by atoms with Gasteiger partial charge in [-0.05, 0) is 31.4 Å². The van der Waals surface area contributed by atoms with E-state index in [4.69, 9.17) is 10.5 Å². The Morgan fingerprint density at radius 1 is 1.44 bits per heavy atom. The van der Waals surface area contributed by atoms with Crippen molar-refractivity contribution in [3.05, 3.63) is 29.8 Å². The lowest BCUT2D eigenvalue weighted by Crippen LogP contribution is -2.37. The van der Waals surface area contributed by atoms with Crippen LogP contribution in [0.25, 0.3) is 0 Å². The van der Waals surface area contributed by atoms with Crippen molar-refractivity contribution in [2.75, 3.05) is 12.3 Å². The number of nitrogens with one attached hydrogen (secondary N) is 1. The molecule has 1 aromatic rings. The highest BCUT2D eigenvalue weighted by molar-refractivity contribution is 5.46. The highest BCUT2D eigenvalue weighted by Gasteiger charge is 2.18. The monoisotopic (exact) mass is 220 g/mol. The Bertz CT molecular complexity index is 340. The number of hydrogen-bond donors (Lipinski definition) is 2. The van der Waals surface area contributed by atoms with E-state index in [1.165, 1.54) is 5.56 Å². The highest BCUT2D eigenvalue weighted by atomic mass is 16.5. The van der Waals surface area contributed by atoms with E-state index in [1.807, 2.05) is 18.2 Å². The summed E-state index contributed by atoms with van der Waals surface area (Å²) in [7, 11) is 0. The van der Waals surface area contributed by atoms with Crippen LogP contribution < -0.4 is 11.1 Å². The molecule has 2 unspecified atom stereocenters. The van der Waals surface area contributed by atoms with Crippen LogP contribution >= 0.6 is 0 Å². The van der Waals surface area contributed by atoms with Gasteiger partial charge in [0, 0.05) is 24.9 Å². The molecule has 2 rings (SSSR count). The second kappa shape index (κ2) is 5.32. The maximum absolute atomic E-state index is 5.90. The van der Waals surface area contributed by atoms with Crippen LogP contribution in [0.15, 0.2) is 24.3 Å². The van der Waals surface area contributed by atoms with Crippen LogP contribution in [0.4, 0.5) is 5.69 Å². The minimum atomic E-state index is 0.374. The Labute approximate surface area is 97.0 Å². The predicted molar refractivity (Wildman–Crippen MR) is 66.1 cm³/mol. The van der Waals surface area contributed by atoms with E-state index in [9.17, 15) is 0 Å². The molecule has 1 fully saturated rings. The van der Waals surface area contributed by atoms with Crippen molar-refractivity contribution in [2.24, 2.45) is 0 Å². The molecule has 3 N–H and O–H groups in total. The summed E-state index contributed by atoms with van der Waals surface area (Å²) in [5, 5.41) is 3.55. The number of nitrogen functional groups attached to an aromatic ring is 1. The predicted octanol–water partition coefficient (Wildman–Crippen LogP) is 1.93. The molecule has 1 aliphatic heterocycles. The first kappa shape index (κ1) is 11.4. The SMILES string of the molecule is CC1CC(NCc2ccccc2N)CCO1. The number of benzene rings is 1. The fourth-order valence-corrected chi connectivity index (χ4v) is 2.13. The number of hydrogen-bond acceptors (Lipinski definition) is 3. The Hall–Kier alpha value is -1.06. The summed E-state index contributed by atoms with van der Waals surface area (Å²) in [6.07, 6.45) is 2.56. The van der Waals surface area contributed by atoms with E-state index in [0.717, 1.165) is 31.7 Å². The third-order valence-electron chi connectivity index (χ3n) is 3.12. The van der Waals surface area contributed by atoms with Crippen LogP contribution in [0.2, 0.25) is 0 Å². The second-order valence-corrected chi connectivity index (χ2v) is 4.48. The lowest BCUT2D eigenvalue weighted by atomic mass is 10.0. The van der Waals surface area contributed by atoms with Crippen molar-refractivity contribution >= 4 is 5.69 Å². The Morgan fingerprint density at radius 2 is 2.25 bits per heavy atom. The molecular formula is C13H20N2O. The summed E-state index contributed by atoms with van der Waals surface area (Å²) in [5.74, 6) is 0. The van der Waals surface area contributed by atoms with Crippen LogP contribution in [0.5, 0.6) is 0 Å². The minimum absolute atomic E-state index is 0.374. The van der Waals surface area contributed by atoms with Gasteiger partial charge in [0.1, 0.15) is 0 Å². The first-order valence-corrected chi connectivity index (χ1v) is 5.94. The Balaban J connectivity index is 1.85. The smallest absolute Gasteiger partial charge is 0.0561 e. The third kappa shape index (κ3) is 2.97. The van der Waals surface area contributed by atoms with Crippen molar-refractivity contribution in [1.82, 2.24) is 5.32 Å². The molecule has 0 amide bonds. The molecule has 3 nitrogen and oxygen atoms in total. The van der Waals surface area contributed by atoms with Crippen molar-refractivity contribution in [2.45, 2.75) is 38.5 Å². The molecule has 0 bridgehead atoms. The lowest BCUT2D eigenvalue weighted by molar-refractivity contribution is 0.0130. The topological polar surface area (TPSA) is 47.3 Å². The summed E-state index contributed by atoms with van der Waals surface area (Å²) in [4.78, 5) is 0. The zero-order valence-electron chi connectivity index (χ0n) is 9.78. The van der Waals surface area contributed by atoms with Gasteiger partial charge in [0.05, 0.1) is 6.10 Å². The first-order valence-electron chi connectivity index (χ1n) is 5.94. The van der Waals surface area contributed by atoms with Gasteiger partial charge in [0.2, 0.25) is 0 Å². The van der Waals surface area contributed by atoms with E-state index in [1.54, 1.807) is 0 Å². The van der Waals surface area contributed by atoms with Gasteiger partial charge in [-0.2, -0.15) is 0 Å². The summed E-state index contributed by atoms with van der Waals surface area (Å²) in [6, 6.07) is 8.58. The van der Waals surface area contributed by atoms with Gasteiger partial charge in [0.15, 0.2) is 0 Å².